The van der Waals surface area contributed by atoms with E-state index in [2.05, 4.69) is 4.90 Å². The topological polar surface area (TPSA) is 99.6 Å². The number of hydrogen-bond acceptors (Lipinski definition) is 5. The lowest BCUT2D eigenvalue weighted by Gasteiger charge is -2.34. The summed E-state index contributed by atoms with van der Waals surface area (Å²) in [6, 6.07) is 6.58. The van der Waals surface area contributed by atoms with Gasteiger partial charge in [0.1, 0.15) is 23.7 Å². The molecule has 1 saturated heterocycles. The average molecular weight is 459 g/mol. The molecule has 0 amide bonds. The molecule has 1 aliphatic carbocycles. The summed E-state index contributed by atoms with van der Waals surface area (Å²) in [6.07, 6.45) is 3.13. The van der Waals surface area contributed by atoms with Crippen LogP contribution in [0.3, 0.4) is 0 Å². The number of carboxylic acid groups (broad SMARTS) is 1. The Kier molecular flexibility index (Phi) is 9.72. The Morgan fingerprint density at radius 3 is 2.31 bits per heavy atom. The zero-order valence-corrected chi connectivity index (χ0v) is 17.8. The Hall–Kier alpha value is -2.38. The molecule has 0 bridgehead atoms. The fourth-order valence-corrected chi connectivity index (χ4v) is 3.96. The van der Waals surface area contributed by atoms with Crippen LogP contribution < -0.4 is 10.5 Å². The fourth-order valence-electron chi connectivity index (χ4n) is 3.96. The van der Waals surface area contributed by atoms with E-state index in [0.29, 0.717) is 11.8 Å². The molecule has 0 aromatic heterocycles. The number of carboxylic acids is 1. The SMILES string of the molecule is N#Cc1cc(F)ccc1OC1CCN(CCC2CCC(N)CC2)CC1.O=C(O)C(F)(F)F. The highest BCUT2D eigenvalue weighted by Gasteiger charge is 2.38. The Labute approximate surface area is 184 Å². The average Bonchev–Trinajstić information content (AvgIpc) is 2.75. The molecule has 3 rings (SSSR count). The van der Waals surface area contributed by atoms with E-state index in [1.54, 1.807) is 6.07 Å². The van der Waals surface area contributed by atoms with Crippen LogP contribution in [0.1, 0.15) is 50.5 Å². The van der Waals surface area contributed by atoms with Crippen molar-refractivity contribution in [2.75, 3.05) is 19.6 Å². The largest absolute Gasteiger partial charge is 0.490 e. The molecule has 6 nitrogen and oxygen atoms in total. The number of nitriles is 1. The van der Waals surface area contributed by atoms with Crippen LogP contribution in [0.15, 0.2) is 18.2 Å². The first-order valence-corrected chi connectivity index (χ1v) is 10.7. The van der Waals surface area contributed by atoms with Crippen molar-refractivity contribution < 1.29 is 32.2 Å². The maximum absolute atomic E-state index is 13.2. The van der Waals surface area contributed by atoms with Gasteiger partial charge in [-0.2, -0.15) is 18.4 Å². The maximum atomic E-state index is 13.2. The molecular formula is C22H29F4N3O3. The van der Waals surface area contributed by atoms with Gasteiger partial charge in [0, 0.05) is 19.1 Å². The molecule has 1 aliphatic heterocycles. The molecule has 1 saturated carbocycles. The molecule has 0 unspecified atom stereocenters. The molecule has 32 heavy (non-hydrogen) atoms. The standard InChI is InChI=1S/C20H28FN3O.C2HF3O2/c21-17-3-6-20(16(13-17)14-22)25-19-8-11-24(12-9-19)10-7-15-1-4-18(23)5-2-15;3-2(4,5)1(6)7/h3,6,13,15,18-19H,1-2,4-5,7-12,23H2;(H,6,7). The van der Waals surface area contributed by atoms with Crippen LogP contribution >= 0.6 is 0 Å². The fraction of sp³-hybridized carbons (Fsp3) is 0.636. The van der Waals surface area contributed by atoms with E-state index in [-0.39, 0.29) is 11.7 Å². The highest BCUT2D eigenvalue weighted by atomic mass is 19.4. The van der Waals surface area contributed by atoms with E-state index >= 15 is 0 Å². The number of halogens is 4. The van der Waals surface area contributed by atoms with Crippen molar-refractivity contribution in [2.45, 2.75) is 63.3 Å². The minimum Gasteiger partial charge on any atom is -0.489 e. The van der Waals surface area contributed by atoms with Gasteiger partial charge in [-0.25, -0.2) is 9.18 Å². The second-order valence-corrected chi connectivity index (χ2v) is 8.28. The Morgan fingerprint density at radius 1 is 1.19 bits per heavy atom. The van der Waals surface area contributed by atoms with Crippen LogP contribution in [0.4, 0.5) is 17.6 Å². The Morgan fingerprint density at radius 2 is 1.78 bits per heavy atom. The number of carbonyl (C=O) groups is 1. The minimum absolute atomic E-state index is 0.112. The highest BCUT2D eigenvalue weighted by Crippen LogP contribution is 2.27. The molecule has 2 fully saturated rings. The van der Waals surface area contributed by atoms with Gasteiger partial charge in [-0.1, -0.05) is 0 Å². The predicted molar refractivity (Wildman–Crippen MR) is 109 cm³/mol. The van der Waals surface area contributed by atoms with Gasteiger partial charge in [0.25, 0.3) is 0 Å². The van der Waals surface area contributed by atoms with Gasteiger partial charge in [-0.05, 0) is 75.6 Å². The second-order valence-electron chi connectivity index (χ2n) is 8.28. The molecule has 1 heterocycles. The van der Waals surface area contributed by atoms with Gasteiger partial charge in [-0.15, -0.1) is 0 Å². The van der Waals surface area contributed by atoms with Crippen molar-refractivity contribution >= 4 is 5.97 Å². The number of benzene rings is 1. The van der Waals surface area contributed by atoms with Crippen molar-refractivity contribution in [3.8, 4) is 11.8 Å². The van der Waals surface area contributed by atoms with E-state index in [1.807, 2.05) is 6.07 Å². The number of aliphatic carboxylic acids is 1. The van der Waals surface area contributed by atoms with Gasteiger partial charge < -0.3 is 20.5 Å². The van der Waals surface area contributed by atoms with E-state index in [4.69, 9.17) is 25.6 Å². The first kappa shape index (κ1) is 25.9. The van der Waals surface area contributed by atoms with Crippen LogP contribution in [0.2, 0.25) is 0 Å². The summed E-state index contributed by atoms with van der Waals surface area (Å²) in [7, 11) is 0. The predicted octanol–water partition coefficient (Wildman–Crippen LogP) is 4.08. The summed E-state index contributed by atoms with van der Waals surface area (Å²) in [5, 5.41) is 16.2. The third kappa shape index (κ3) is 8.63. The summed E-state index contributed by atoms with van der Waals surface area (Å²) in [4.78, 5) is 11.4. The van der Waals surface area contributed by atoms with Gasteiger partial charge in [0.05, 0.1) is 5.56 Å². The molecule has 1 aromatic rings. The molecule has 0 radical (unpaired) electrons. The summed E-state index contributed by atoms with van der Waals surface area (Å²) in [5.41, 5.74) is 6.25. The van der Waals surface area contributed by atoms with E-state index in [9.17, 15) is 17.6 Å². The molecule has 3 N–H and O–H groups in total. The van der Waals surface area contributed by atoms with Crippen LogP contribution in [-0.4, -0.2) is 53.9 Å². The number of piperidine rings is 1. The monoisotopic (exact) mass is 459 g/mol. The van der Waals surface area contributed by atoms with Gasteiger partial charge >= 0.3 is 12.1 Å². The van der Waals surface area contributed by atoms with Crippen LogP contribution in [0.25, 0.3) is 0 Å². The molecule has 2 aliphatic rings. The number of ether oxygens (including phenoxy) is 1. The number of rotatable bonds is 5. The summed E-state index contributed by atoms with van der Waals surface area (Å²) in [6.45, 7) is 3.21. The maximum Gasteiger partial charge on any atom is 0.490 e. The number of alkyl halides is 3. The second kappa shape index (κ2) is 12.0. The third-order valence-corrected chi connectivity index (χ3v) is 5.88. The van der Waals surface area contributed by atoms with Crippen molar-refractivity contribution in [1.82, 2.24) is 4.90 Å². The summed E-state index contributed by atoms with van der Waals surface area (Å²) >= 11 is 0. The first-order chi connectivity index (χ1) is 15.1. The molecule has 178 valence electrons. The van der Waals surface area contributed by atoms with Crippen LogP contribution in [0, 0.1) is 23.1 Å². The molecule has 0 spiro atoms. The van der Waals surface area contributed by atoms with E-state index < -0.39 is 18.0 Å². The van der Waals surface area contributed by atoms with Crippen molar-refractivity contribution in [3.63, 3.8) is 0 Å². The van der Waals surface area contributed by atoms with Gasteiger partial charge in [0.15, 0.2) is 0 Å². The van der Waals surface area contributed by atoms with Crippen molar-refractivity contribution in [3.05, 3.63) is 29.6 Å². The highest BCUT2D eigenvalue weighted by molar-refractivity contribution is 5.73. The van der Waals surface area contributed by atoms with Gasteiger partial charge in [-0.3, -0.25) is 0 Å². The molecular weight excluding hydrogens is 430 g/mol. The molecule has 0 atom stereocenters. The normalized spacial score (nSPS) is 22.4. The van der Waals surface area contributed by atoms with Crippen LogP contribution in [-0.2, 0) is 4.79 Å². The zero-order valence-electron chi connectivity index (χ0n) is 17.8. The third-order valence-electron chi connectivity index (χ3n) is 5.88. The summed E-state index contributed by atoms with van der Waals surface area (Å²) < 4.78 is 50.9. The van der Waals surface area contributed by atoms with Crippen LogP contribution in [0.5, 0.6) is 5.75 Å². The Balaban J connectivity index is 0.000000451. The van der Waals surface area contributed by atoms with Crippen molar-refractivity contribution in [1.29, 1.82) is 5.26 Å². The molecule has 10 heteroatoms. The number of likely N-dealkylation sites (tertiary alicyclic amines) is 1. The zero-order chi connectivity index (χ0) is 23.7. The lowest BCUT2D eigenvalue weighted by molar-refractivity contribution is -0.192. The van der Waals surface area contributed by atoms with E-state index in [0.717, 1.165) is 38.4 Å². The lowest BCUT2D eigenvalue weighted by Crippen LogP contribution is -2.39. The quantitative estimate of drug-likeness (QED) is 0.644. The van der Waals surface area contributed by atoms with Gasteiger partial charge in [0.2, 0.25) is 0 Å². The number of hydrogen-bond donors (Lipinski definition) is 2. The lowest BCUT2D eigenvalue weighted by atomic mass is 9.84. The Bertz CT molecular complexity index is 782. The first-order valence-electron chi connectivity index (χ1n) is 10.7. The smallest absolute Gasteiger partial charge is 0.489 e. The number of nitrogens with zero attached hydrogens (tertiary/aromatic N) is 2. The minimum atomic E-state index is -5.08. The number of nitrogens with two attached hydrogens (primary N) is 1. The van der Waals surface area contributed by atoms with E-state index in [1.165, 1.54) is 44.2 Å². The van der Waals surface area contributed by atoms with Crippen molar-refractivity contribution in [2.24, 2.45) is 11.7 Å². The molecule has 1 aromatic carbocycles. The summed E-state index contributed by atoms with van der Waals surface area (Å²) in [5.74, 6) is -1.82.